The van der Waals surface area contributed by atoms with Crippen LogP contribution in [0.1, 0.15) is 65.5 Å². The maximum Gasteiger partial charge on any atom is 0.337 e. The van der Waals surface area contributed by atoms with Crippen LogP contribution in [-0.2, 0) is 16.1 Å². The molecule has 40 heavy (non-hydrogen) atoms. The van der Waals surface area contributed by atoms with Crippen LogP contribution >= 0.6 is 0 Å². The lowest BCUT2D eigenvalue weighted by molar-refractivity contribution is -0.137. The number of hydrogen-bond acceptors (Lipinski definition) is 5. The van der Waals surface area contributed by atoms with E-state index in [-0.39, 0.29) is 6.54 Å². The number of esters is 1. The molecule has 2 aromatic carbocycles. The number of nitrogens with one attached hydrogen (secondary N) is 1. The third kappa shape index (κ3) is 4.53. The maximum absolute atomic E-state index is 12.4. The summed E-state index contributed by atoms with van der Waals surface area (Å²) in [4.78, 5) is 37.3. The summed E-state index contributed by atoms with van der Waals surface area (Å²) in [6.07, 6.45) is 5.61. The van der Waals surface area contributed by atoms with Gasteiger partial charge in [0, 0.05) is 16.5 Å². The SMILES string of the molecule is COC(=O)c1ccc2c(C3CCCCC3)c(-c3ccc4nc(-c5nc(C)[nH]c5C)ccc4c3)n(CC(=O)O)c2c1. The van der Waals surface area contributed by atoms with Gasteiger partial charge in [-0.25, -0.2) is 14.8 Å². The summed E-state index contributed by atoms with van der Waals surface area (Å²) in [5.41, 5.74) is 7.60. The zero-order valence-electron chi connectivity index (χ0n) is 23.0. The first kappa shape index (κ1) is 25.8. The second-order valence-corrected chi connectivity index (χ2v) is 10.7. The highest BCUT2D eigenvalue weighted by atomic mass is 16.5. The van der Waals surface area contributed by atoms with E-state index in [1.165, 1.54) is 19.1 Å². The van der Waals surface area contributed by atoms with Crippen LogP contribution in [0.5, 0.6) is 0 Å². The Balaban J connectivity index is 1.57. The van der Waals surface area contributed by atoms with Gasteiger partial charge in [0.05, 0.1) is 35.1 Å². The molecule has 1 aliphatic carbocycles. The number of rotatable bonds is 6. The van der Waals surface area contributed by atoms with Crippen LogP contribution in [0, 0.1) is 13.8 Å². The molecule has 0 amide bonds. The van der Waals surface area contributed by atoms with Crippen molar-refractivity contribution in [2.45, 2.75) is 58.4 Å². The Kier molecular flexibility index (Phi) is 6.62. The number of aryl methyl sites for hydroxylation is 2. The van der Waals surface area contributed by atoms with Gasteiger partial charge >= 0.3 is 11.9 Å². The van der Waals surface area contributed by atoms with Crippen molar-refractivity contribution in [2.24, 2.45) is 0 Å². The van der Waals surface area contributed by atoms with Crippen LogP contribution in [0.25, 0.3) is 44.5 Å². The van der Waals surface area contributed by atoms with Gasteiger partial charge in [0.15, 0.2) is 0 Å². The predicted octanol–water partition coefficient (Wildman–Crippen LogP) is 6.78. The molecular formula is C32H32N4O4. The second-order valence-electron chi connectivity index (χ2n) is 10.7. The Hall–Kier alpha value is -4.46. The number of ether oxygens (including phenoxy) is 1. The van der Waals surface area contributed by atoms with E-state index in [9.17, 15) is 14.7 Å². The number of hydrogen-bond donors (Lipinski definition) is 2. The third-order valence-corrected chi connectivity index (χ3v) is 8.04. The fourth-order valence-corrected chi connectivity index (χ4v) is 6.30. The molecule has 5 aromatic rings. The molecule has 0 bridgehead atoms. The average molecular weight is 537 g/mol. The molecule has 1 aliphatic rings. The Labute approximate surface area is 232 Å². The number of carbonyl (C=O) groups is 2. The number of pyridine rings is 1. The zero-order chi connectivity index (χ0) is 28.0. The van der Waals surface area contributed by atoms with E-state index in [4.69, 9.17) is 9.72 Å². The highest BCUT2D eigenvalue weighted by Crippen LogP contribution is 2.44. The lowest BCUT2D eigenvalue weighted by Gasteiger charge is -2.23. The quantitative estimate of drug-likeness (QED) is 0.231. The molecule has 2 N–H and O–H groups in total. The van der Waals surface area contributed by atoms with Crippen molar-refractivity contribution in [1.29, 1.82) is 0 Å². The number of fused-ring (bicyclic) bond motifs is 2. The Morgan fingerprint density at radius 1 is 1.02 bits per heavy atom. The molecule has 0 spiro atoms. The number of benzene rings is 2. The number of aliphatic carboxylic acids is 1. The monoisotopic (exact) mass is 536 g/mol. The van der Waals surface area contributed by atoms with Gasteiger partial charge in [0.1, 0.15) is 18.1 Å². The summed E-state index contributed by atoms with van der Waals surface area (Å²) >= 11 is 0. The molecule has 8 nitrogen and oxygen atoms in total. The van der Waals surface area contributed by atoms with Crippen molar-refractivity contribution >= 4 is 33.7 Å². The van der Waals surface area contributed by atoms with E-state index in [0.29, 0.717) is 11.5 Å². The number of carboxylic acid groups (broad SMARTS) is 1. The van der Waals surface area contributed by atoms with E-state index in [1.807, 2.05) is 48.7 Å². The van der Waals surface area contributed by atoms with Crippen molar-refractivity contribution in [2.75, 3.05) is 7.11 Å². The molecule has 8 heteroatoms. The van der Waals surface area contributed by atoms with E-state index in [2.05, 4.69) is 16.0 Å². The largest absolute Gasteiger partial charge is 0.480 e. The number of methoxy groups -OCH3 is 1. The van der Waals surface area contributed by atoms with E-state index >= 15 is 0 Å². The molecule has 0 aliphatic heterocycles. The molecule has 1 fully saturated rings. The molecule has 0 saturated heterocycles. The van der Waals surface area contributed by atoms with Crippen molar-refractivity contribution < 1.29 is 19.4 Å². The van der Waals surface area contributed by atoms with Crippen molar-refractivity contribution in [3.63, 3.8) is 0 Å². The van der Waals surface area contributed by atoms with Gasteiger partial charge in [-0.2, -0.15) is 0 Å². The Morgan fingerprint density at radius 2 is 1.82 bits per heavy atom. The number of H-pyrrole nitrogens is 1. The van der Waals surface area contributed by atoms with Crippen LogP contribution in [0.15, 0.2) is 48.5 Å². The number of aromatic nitrogens is 4. The summed E-state index contributed by atoms with van der Waals surface area (Å²) < 4.78 is 6.82. The molecule has 0 radical (unpaired) electrons. The lowest BCUT2D eigenvalue weighted by Crippen LogP contribution is -2.12. The highest BCUT2D eigenvalue weighted by Gasteiger charge is 2.28. The van der Waals surface area contributed by atoms with E-state index < -0.39 is 11.9 Å². The summed E-state index contributed by atoms with van der Waals surface area (Å²) in [5, 5.41) is 11.9. The van der Waals surface area contributed by atoms with Crippen LogP contribution < -0.4 is 0 Å². The predicted molar refractivity (Wildman–Crippen MR) is 155 cm³/mol. The number of imidazole rings is 1. The molecule has 6 rings (SSSR count). The minimum Gasteiger partial charge on any atom is -0.480 e. The van der Waals surface area contributed by atoms with Crippen LogP contribution in [0.4, 0.5) is 0 Å². The van der Waals surface area contributed by atoms with Gasteiger partial charge < -0.3 is 19.4 Å². The summed E-state index contributed by atoms with van der Waals surface area (Å²) in [6.45, 7) is 3.71. The first-order valence-corrected chi connectivity index (χ1v) is 13.7. The molecule has 1 saturated carbocycles. The van der Waals surface area contributed by atoms with Crippen molar-refractivity contribution in [3.05, 3.63) is 71.2 Å². The topological polar surface area (TPSA) is 110 Å². The third-order valence-electron chi connectivity index (χ3n) is 8.04. The zero-order valence-corrected chi connectivity index (χ0v) is 23.0. The summed E-state index contributed by atoms with van der Waals surface area (Å²) in [6, 6.07) is 15.6. The fourth-order valence-electron chi connectivity index (χ4n) is 6.30. The van der Waals surface area contributed by atoms with Gasteiger partial charge in [0.25, 0.3) is 0 Å². The smallest absolute Gasteiger partial charge is 0.337 e. The standard InChI is InChI=1S/C32H32N4O4/c1-18-30(34-19(2)33-18)26-14-10-21-15-22(11-13-25(21)35-26)31-29(20-7-5-4-6-8-20)24-12-9-23(32(39)40-3)16-27(24)36(31)17-28(37)38/h9-16,20H,4-8,17H2,1-3H3,(H,33,34)(H,37,38). The second kappa shape index (κ2) is 10.3. The van der Waals surface area contributed by atoms with Gasteiger partial charge in [-0.3, -0.25) is 4.79 Å². The molecule has 0 unspecified atom stereocenters. The van der Waals surface area contributed by atoms with Gasteiger partial charge in [0.2, 0.25) is 0 Å². The van der Waals surface area contributed by atoms with E-state index in [0.717, 1.165) is 81.7 Å². The minimum atomic E-state index is -0.937. The fraction of sp³-hybridized carbons (Fsp3) is 0.312. The molecular weight excluding hydrogens is 504 g/mol. The summed E-state index contributed by atoms with van der Waals surface area (Å²) in [7, 11) is 1.35. The van der Waals surface area contributed by atoms with Crippen molar-refractivity contribution in [1.82, 2.24) is 19.5 Å². The first-order valence-electron chi connectivity index (χ1n) is 13.7. The molecule has 3 heterocycles. The highest BCUT2D eigenvalue weighted by molar-refractivity contribution is 6.00. The first-order chi connectivity index (χ1) is 19.3. The summed E-state index contributed by atoms with van der Waals surface area (Å²) in [5.74, 6) is -0.219. The maximum atomic E-state index is 12.4. The van der Waals surface area contributed by atoms with E-state index in [1.54, 1.807) is 12.1 Å². The lowest BCUT2D eigenvalue weighted by atomic mass is 9.81. The molecule has 0 atom stereocenters. The Bertz CT molecular complexity index is 1780. The van der Waals surface area contributed by atoms with Crippen LogP contribution in [-0.4, -0.2) is 43.7 Å². The number of carboxylic acids is 1. The minimum absolute atomic E-state index is 0.212. The Morgan fingerprint density at radius 3 is 2.52 bits per heavy atom. The van der Waals surface area contributed by atoms with Gasteiger partial charge in [-0.05, 0) is 74.1 Å². The van der Waals surface area contributed by atoms with Crippen LogP contribution in [0.3, 0.4) is 0 Å². The number of nitrogens with zero attached hydrogens (tertiary/aromatic N) is 3. The molecule has 3 aromatic heterocycles. The van der Waals surface area contributed by atoms with Gasteiger partial charge in [-0.15, -0.1) is 0 Å². The van der Waals surface area contributed by atoms with Crippen molar-refractivity contribution in [3.8, 4) is 22.6 Å². The number of carbonyl (C=O) groups excluding carboxylic acids is 1. The molecule has 204 valence electrons. The van der Waals surface area contributed by atoms with Gasteiger partial charge in [-0.1, -0.05) is 37.5 Å². The number of aromatic amines is 1. The average Bonchev–Trinajstić information content (AvgIpc) is 3.47. The van der Waals surface area contributed by atoms with Crippen LogP contribution in [0.2, 0.25) is 0 Å². The normalized spacial score (nSPS) is 14.2.